The molecule has 0 spiro atoms. The molecule has 25 heavy (non-hydrogen) atoms. The topological polar surface area (TPSA) is 52.9 Å². The summed E-state index contributed by atoms with van der Waals surface area (Å²) in [5, 5.41) is 13.3. The highest BCUT2D eigenvalue weighted by atomic mass is 32.1. The van der Waals surface area contributed by atoms with E-state index in [4.69, 9.17) is 0 Å². The Morgan fingerprint density at radius 1 is 1.24 bits per heavy atom. The highest BCUT2D eigenvalue weighted by molar-refractivity contribution is 7.19. The molecule has 1 N–H and O–H groups in total. The maximum absolute atomic E-state index is 12.7. The van der Waals surface area contributed by atoms with Crippen LogP contribution in [-0.4, -0.2) is 5.91 Å². The summed E-state index contributed by atoms with van der Waals surface area (Å²) in [7, 11) is 0. The van der Waals surface area contributed by atoms with Crippen LogP contribution in [0.2, 0.25) is 0 Å². The minimum Gasteiger partial charge on any atom is -0.316 e. The molecule has 1 amide bonds. The molecular weight excluding hydrogens is 328 g/mol. The van der Waals surface area contributed by atoms with Gasteiger partial charge in [0, 0.05) is 10.8 Å². The monoisotopic (exact) mass is 350 g/mol. The lowest BCUT2D eigenvalue weighted by atomic mass is 9.88. The Morgan fingerprint density at radius 2 is 2.08 bits per heavy atom. The molecule has 3 nitrogen and oxygen atoms in total. The largest absolute Gasteiger partial charge is 0.316 e. The minimum absolute atomic E-state index is 0.109. The molecule has 0 unspecified atom stereocenters. The van der Waals surface area contributed by atoms with Crippen molar-refractivity contribution in [1.82, 2.24) is 0 Å². The van der Waals surface area contributed by atoms with E-state index in [1.807, 2.05) is 6.07 Å². The van der Waals surface area contributed by atoms with Crippen molar-refractivity contribution in [2.45, 2.75) is 39.5 Å². The number of carbonyl (C=O) groups is 1. The Bertz CT molecular complexity index is 877. The maximum atomic E-state index is 12.7. The molecule has 2 aromatic rings. The summed E-state index contributed by atoms with van der Waals surface area (Å²) < 4.78 is 0. The lowest BCUT2D eigenvalue weighted by molar-refractivity contribution is -0.121. The van der Waals surface area contributed by atoms with Gasteiger partial charge < -0.3 is 5.32 Å². The SMILES string of the molecule is Cc1ccc(C)c(-c2cc(C#N)c(NC(=O)[C@@H]3C[C@H]4CC[C@H]3C4)s2)c1. The highest BCUT2D eigenvalue weighted by Crippen LogP contribution is 2.49. The van der Waals surface area contributed by atoms with Gasteiger partial charge in [-0.15, -0.1) is 11.3 Å². The molecule has 4 rings (SSSR count). The summed E-state index contributed by atoms with van der Waals surface area (Å²) in [5.74, 6) is 1.54. The van der Waals surface area contributed by atoms with Crippen molar-refractivity contribution >= 4 is 22.2 Å². The number of nitrogens with one attached hydrogen (secondary N) is 1. The first-order valence-corrected chi connectivity index (χ1v) is 9.79. The number of hydrogen-bond acceptors (Lipinski definition) is 3. The molecule has 3 atom stereocenters. The zero-order chi connectivity index (χ0) is 17.6. The normalized spacial score (nSPS) is 24.3. The molecule has 4 heteroatoms. The predicted octanol–water partition coefficient (Wildman–Crippen LogP) is 5.28. The molecule has 1 aromatic heterocycles. The Labute approximate surface area is 152 Å². The maximum Gasteiger partial charge on any atom is 0.228 e. The number of thiophene rings is 1. The lowest BCUT2D eigenvalue weighted by Crippen LogP contribution is -2.27. The Kier molecular flexibility index (Phi) is 4.13. The first-order chi connectivity index (χ1) is 12.0. The third-order valence-corrected chi connectivity index (χ3v) is 6.91. The summed E-state index contributed by atoms with van der Waals surface area (Å²) in [6.45, 7) is 4.15. The molecule has 2 fully saturated rings. The molecule has 1 aromatic carbocycles. The van der Waals surface area contributed by atoms with Crippen LogP contribution in [0, 0.1) is 42.9 Å². The van der Waals surface area contributed by atoms with Gasteiger partial charge in [-0.1, -0.05) is 30.2 Å². The van der Waals surface area contributed by atoms with E-state index in [9.17, 15) is 10.1 Å². The van der Waals surface area contributed by atoms with Crippen LogP contribution in [0.5, 0.6) is 0 Å². The van der Waals surface area contributed by atoms with Gasteiger partial charge >= 0.3 is 0 Å². The zero-order valence-electron chi connectivity index (χ0n) is 14.6. The van der Waals surface area contributed by atoms with Crippen molar-refractivity contribution in [3.8, 4) is 16.5 Å². The van der Waals surface area contributed by atoms with Crippen molar-refractivity contribution < 1.29 is 4.79 Å². The standard InChI is InChI=1S/C21H22N2OS/c1-12-3-4-13(2)17(7-12)19-10-16(11-22)21(25-19)23-20(24)18-9-14-5-6-15(18)8-14/h3-4,7,10,14-15,18H,5-6,8-9H2,1-2H3,(H,23,24)/t14-,15-,18+/m0/s1. The molecule has 0 aliphatic heterocycles. The highest BCUT2D eigenvalue weighted by Gasteiger charge is 2.43. The van der Waals surface area contributed by atoms with Gasteiger partial charge in [0.1, 0.15) is 11.1 Å². The fourth-order valence-corrected chi connectivity index (χ4v) is 5.56. The van der Waals surface area contributed by atoms with Crippen LogP contribution in [0.15, 0.2) is 24.3 Å². The summed E-state index contributed by atoms with van der Waals surface area (Å²) in [4.78, 5) is 13.8. The van der Waals surface area contributed by atoms with Gasteiger partial charge in [0.2, 0.25) is 5.91 Å². The fourth-order valence-electron chi connectivity index (χ4n) is 4.47. The van der Waals surface area contributed by atoms with Crippen molar-refractivity contribution in [1.29, 1.82) is 5.26 Å². The lowest BCUT2D eigenvalue weighted by Gasteiger charge is -2.20. The fraction of sp³-hybridized carbons (Fsp3) is 0.429. The third kappa shape index (κ3) is 2.98. The van der Waals surface area contributed by atoms with Crippen molar-refractivity contribution in [3.05, 3.63) is 41.0 Å². The van der Waals surface area contributed by atoms with Gasteiger partial charge in [0.15, 0.2) is 0 Å². The van der Waals surface area contributed by atoms with Gasteiger partial charge in [0.05, 0.1) is 5.56 Å². The van der Waals surface area contributed by atoms with E-state index in [0.717, 1.165) is 22.8 Å². The smallest absolute Gasteiger partial charge is 0.228 e. The van der Waals surface area contributed by atoms with Crippen LogP contribution in [-0.2, 0) is 4.79 Å². The Hall–Kier alpha value is -2.12. The van der Waals surface area contributed by atoms with Crippen LogP contribution < -0.4 is 5.32 Å². The number of nitriles is 1. The number of carbonyl (C=O) groups excluding carboxylic acids is 1. The summed E-state index contributed by atoms with van der Waals surface area (Å²) in [5.41, 5.74) is 4.08. The molecule has 2 aliphatic carbocycles. The summed E-state index contributed by atoms with van der Waals surface area (Å²) in [6.07, 6.45) is 4.70. The van der Waals surface area contributed by atoms with Crippen molar-refractivity contribution in [2.24, 2.45) is 17.8 Å². The second-order valence-corrected chi connectivity index (χ2v) is 8.61. The number of nitrogens with zero attached hydrogens (tertiary/aromatic N) is 1. The predicted molar refractivity (Wildman–Crippen MR) is 102 cm³/mol. The molecule has 128 valence electrons. The van der Waals surface area contributed by atoms with Gasteiger partial charge in [-0.3, -0.25) is 4.79 Å². The third-order valence-electron chi connectivity index (χ3n) is 5.82. The van der Waals surface area contributed by atoms with Crippen LogP contribution in [0.1, 0.15) is 42.4 Å². The molecule has 2 bridgehead atoms. The molecule has 2 aliphatic rings. The van der Waals surface area contributed by atoms with Crippen LogP contribution in [0.3, 0.4) is 0 Å². The number of fused-ring (bicyclic) bond motifs is 2. The number of hydrogen-bond donors (Lipinski definition) is 1. The molecular formula is C21H22N2OS. The number of aryl methyl sites for hydroxylation is 2. The number of anilines is 1. The quantitative estimate of drug-likeness (QED) is 0.819. The molecule has 0 radical (unpaired) electrons. The molecule has 0 saturated heterocycles. The Balaban J connectivity index is 1.60. The van der Waals surface area contributed by atoms with Gasteiger partial charge in [-0.2, -0.15) is 5.26 Å². The van der Waals surface area contributed by atoms with E-state index in [1.165, 1.54) is 41.7 Å². The van der Waals surface area contributed by atoms with Crippen LogP contribution >= 0.6 is 11.3 Å². The van der Waals surface area contributed by atoms with E-state index < -0.39 is 0 Å². The van der Waals surface area contributed by atoms with E-state index in [1.54, 1.807) is 0 Å². The van der Waals surface area contributed by atoms with Crippen LogP contribution in [0.25, 0.3) is 10.4 Å². The van der Waals surface area contributed by atoms with Gasteiger partial charge in [-0.05, 0) is 62.1 Å². The number of amides is 1. The number of benzene rings is 1. The minimum atomic E-state index is 0.109. The van der Waals surface area contributed by atoms with E-state index in [2.05, 4.69) is 43.4 Å². The first-order valence-electron chi connectivity index (χ1n) is 8.97. The second kappa shape index (κ2) is 6.31. The van der Waals surface area contributed by atoms with Crippen molar-refractivity contribution in [2.75, 3.05) is 5.32 Å². The summed E-state index contributed by atoms with van der Waals surface area (Å²) in [6, 6.07) is 10.5. The number of rotatable bonds is 3. The van der Waals surface area contributed by atoms with Gasteiger partial charge in [0.25, 0.3) is 0 Å². The first kappa shape index (κ1) is 16.4. The van der Waals surface area contributed by atoms with E-state index in [0.29, 0.717) is 16.5 Å². The average molecular weight is 350 g/mol. The second-order valence-electron chi connectivity index (χ2n) is 7.55. The van der Waals surface area contributed by atoms with Crippen molar-refractivity contribution in [3.63, 3.8) is 0 Å². The van der Waals surface area contributed by atoms with Crippen LogP contribution in [0.4, 0.5) is 5.00 Å². The molecule has 2 saturated carbocycles. The average Bonchev–Trinajstić information content (AvgIpc) is 3.32. The van der Waals surface area contributed by atoms with E-state index in [-0.39, 0.29) is 11.8 Å². The van der Waals surface area contributed by atoms with Gasteiger partial charge in [-0.25, -0.2) is 0 Å². The molecule has 1 heterocycles. The Morgan fingerprint density at radius 3 is 2.76 bits per heavy atom. The summed E-state index contributed by atoms with van der Waals surface area (Å²) >= 11 is 1.51. The van der Waals surface area contributed by atoms with E-state index >= 15 is 0 Å². The zero-order valence-corrected chi connectivity index (χ0v) is 15.5.